The zero-order valence-corrected chi connectivity index (χ0v) is 10.5. The molecule has 0 aliphatic carbocycles. The molecule has 1 atom stereocenters. The molecule has 0 aromatic carbocycles. The van der Waals surface area contributed by atoms with Crippen LogP contribution in [-0.4, -0.2) is 31.4 Å². The van der Waals surface area contributed by atoms with Gasteiger partial charge in [0.2, 0.25) is 5.89 Å². The molecule has 16 heavy (non-hydrogen) atoms. The van der Waals surface area contributed by atoms with E-state index in [-0.39, 0.29) is 5.82 Å². The Kier molecular flexibility index (Phi) is 4.43. The van der Waals surface area contributed by atoms with E-state index in [4.69, 9.17) is 4.52 Å². The van der Waals surface area contributed by atoms with Crippen LogP contribution in [0.5, 0.6) is 0 Å². The SMILES string of the molecule is CCCNCc1nc(C(C)S(C)(=O)=O)no1. The van der Waals surface area contributed by atoms with Crippen LogP contribution in [0.25, 0.3) is 0 Å². The summed E-state index contributed by atoms with van der Waals surface area (Å²) in [6.45, 7) is 4.93. The number of rotatable bonds is 6. The van der Waals surface area contributed by atoms with Gasteiger partial charge in [-0.15, -0.1) is 0 Å². The lowest BCUT2D eigenvalue weighted by Crippen LogP contribution is -2.14. The summed E-state index contributed by atoms with van der Waals surface area (Å²) in [5.41, 5.74) is 0. The van der Waals surface area contributed by atoms with Gasteiger partial charge in [-0.05, 0) is 19.9 Å². The van der Waals surface area contributed by atoms with Crippen molar-refractivity contribution in [2.75, 3.05) is 12.8 Å². The fraction of sp³-hybridized carbons (Fsp3) is 0.778. The third kappa shape index (κ3) is 3.57. The molecule has 1 aromatic rings. The summed E-state index contributed by atoms with van der Waals surface area (Å²) >= 11 is 0. The van der Waals surface area contributed by atoms with Gasteiger partial charge in [0.25, 0.3) is 0 Å². The average Bonchev–Trinajstić information content (AvgIpc) is 2.64. The molecule has 92 valence electrons. The highest BCUT2D eigenvalue weighted by molar-refractivity contribution is 7.90. The van der Waals surface area contributed by atoms with Crippen molar-refractivity contribution in [1.82, 2.24) is 15.5 Å². The van der Waals surface area contributed by atoms with E-state index in [0.717, 1.165) is 19.2 Å². The molecule has 0 radical (unpaired) electrons. The number of nitrogens with zero attached hydrogens (tertiary/aromatic N) is 2. The van der Waals surface area contributed by atoms with Gasteiger partial charge in [-0.2, -0.15) is 4.98 Å². The molecule has 1 rings (SSSR count). The highest BCUT2D eigenvalue weighted by Crippen LogP contribution is 2.17. The molecule has 7 heteroatoms. The van der Waals surface area contributed by atoms with Crippen LogP contribution in [-0.2, 0) is 16.4 Å². The molecule has 1 unspecified atom stereocenters. The first-order valence-corrected chi connectivity index (χ1v) is 7.12. The first-order valence-electron chi connectivity index (χ1n) is 5.17. The van der Waals surface area contributed by atoms with Crippen molar-refractivity contribution < 1.29 is 12.9 Å². The van der Waals surface area contributed by atoms with E-state index in [1.807, 2.05) is 0 Å². The number of nitrogens with one attached hydrogen (secondary N) is 1. The van der Waals surface area contributed by atoms with Gasteiger partial charge in [0.15, 0.2) is 15.7 Å². The Balaban J connectivity index is 2.64. The van der Waals surface area contributed by atoms with Crippen molar-refractivity contribution in [3.63, 3.8) is 0 Å². The Labute approximate surface area is 95.3 Å². The lowest BCUT2D eigenvalue weighted by molar-refractivity contribution is 0.363. The minimum Gasteiger partial charge on any atom is -0.338 e. The second kappa shape index (κ2) is 5.40. The summed E-state index contributed by atoms with van der Waals surface area (Å²) in [6, 6.07) is 0. The van der Waals surface area contributed by atoms with Crippen LogP contribution in [0, 0.1) is 0 Å². The van der Waals surface area contributed by atoms with Crippen LogP contribution in [0.1, 0.15) is 37.2 Å². The molecule has 1 N–H and O–H groups in total. The first kappa shape index (κ1) is 13.1. The fourth-order valence-electron chi connectivity index (χ4n) is 1.07. The molecule has 1 aromatic heterocycles. The quantitative estimate of drug-likeness (QED) is 0.744. The number of aromatic nitrogens is 2. The Morgan fingerprint density at radius 1 is 1.50 bits per heavy atom. The Hall–Kier alpha value is -0.950. The molecular formula is C9H17N3O3S. The molecule has 0 spiro atoms. The second-order valence-corrected chi connectivity index (χ2v) is 6.06. The minimum atomic E-state index is -3.17. The van der Waals surface area contributed by atoms with Crippen LogP contribution < -0.4 is 5.32 Å². The molecule has 0 fully saturated rings. The molecule has 0 amide bonds. The van der Waals surface area contributed by atoms with Crippen molar-refractivity contribution in [2.45, 2.75) is 32.1 Å². The summed E-state index contributed by atoms with van der Waals surface area (Å²) in [5.74, 6) is 0.634. The van der Waals surface area contributed by atoms with Gasteiger partial charge in [-0.1, -0.05) is 12.1 Å². The lowest BCUT2D eigenvalue weighted by atomic mass is 10.4. The Morgan fingerprint density at radius 2 is 2.19 bits per heavy atom. The van der Waals surface area contributed by atoms with Crippen molar-refractivity contribution in [3.05, 3.63) is 11.7 Å². The van der Waals surface area contributed by atoms with Gasteiger partial charge >= 0.3 is 0 Å². The van der Waals surface area contributed by atoms with Gasteiger partial charge < -0.3 is 9.84 Å². The predicted octanol–water partition coefficient (Wildman–Crippen LogP) is 0.675. The number of hydrogen-bond donors (Lipinski definition) is 1. The summed E-state index contributed by atoms with van der Waals surface area (Å²) in [7, 11) is -3.17. The monoisotopic (exact) mass is 247 g/mol. The van der Waals surface area contributed by atoms with Gasteiger partial charge in [0.05, 0.1) is 6.54 Å². The van der Waals surface area contributed by atoms with Gasteiger partial charge in [-0.3, -0.25) is 0 Å². The summed E-state index contributed by atoms with van der Waals surface area (Å²) in [4.78, 5) is 4.03. The zero-order valence-electron chi connectivity index (χ0n) is 9.73. The van der Waals surface area contributed by atoms with Gasteiger partial charge in [0, 0.05) is 6.26 Å². The van der Waals surface area contributed by atoms with Crippen LogP contribution in [0.2, 0.25) is 0 Å². The predicted molar refractivity (Wildman–Crippen MR) is 59.6 cm³/mol. The lowest BCUT2D eigenvalue weighted by Gasteiger charge is -2.01. The fourth-order valence-corrected chi connectivity index (χ4v) is 1.55. The number of sulfone groups is 1. The van der Waals surface area contributed by atoms with E-state index in [9.17, 15) is 8.42 Å². The molecule has 0 aliphatic rings. The topological polar surface area (TPSA) is 85.1 Å². The smallest absolute Gasteiger partial charge is 0.240 e. The van der Waals surface area contributed by atoms with Crippen molar-refractivity contribution in [3.8, 4) is 0 Å². The third-order valence-electron chi connectivity index (χ3n) is 2.19. The van der Waals surface area contributed by atoms with Crippen LogP contribution in [0.15, 0.2) is 4.52 Å². The van der Waals surface area contributed by atoms with Gasteiger partial charge in [-0.25, -0.2) is 8.42 Å². The maximum Gasteiger partial charge on any atom is 0.240 e. The van der Waals surface area contributed by atoms with Crippen LogP contribution >= 0.6 is 0 Å². The molecule has 0 aliphatic heterocycles. The van der Waals surface area contributed by atoms with E-state index >= 15 is 0 Å². The molecule has 0 saturated heterocycles. The third-order valence-corrected chi connectivity index (χ3v) is 3.69. The molecule has 6 nitrogen and oxygen atoms in total. The van der Waals surface area contributed by atoms with E-state index in [0.29, 0.717) is 12.4 Å². The van der Waals surface area contributed by atoms with Crippen molar-refractivity contribution in [2.24, 2.45) is 0 Å². The molecule has 1 heterocycles. The van der Waals surface area contributed by atoms with Crippen molar-refractivity contribution in [1.29, 1.82) is 0 Å². The average molecular weight is 247 g/mol. The molecule has 0 saturated carbocycles. The normalized spacial score (nSPS) is 13.9. The van der Waals surface area contributed by atoms with Crippen LogP contribution in [0.4, 0.5) is 0 Å². The summed E-state index contributed by atoms with van der Waals surface area (Å²) < 4.78 is 27.5. The largest absolute Gasteiger partial charge is 0.338 e. The maximum absolute atomic E-state index is 11.3. The minimum absolute atomic E-state index is 0.218. The van der Waals surface area contributed by atoms with E-state index in [2.05, 4.69) is 22.4 Å². The second-order valence-electron chi connectivity index (χ2n) is 3.69. The highest BCUT2D eigenvalue weighted by atomic mass is 32.2. The maximum atomic E-state index is 11.3. The summed E-state index contributed by atoms with van der Waals surface area (Å²) in [5, 5.41) is 6.03. The standard InChI is InChI=1S/C9H17N3O3S/c1-4-5-10-6-8-11-9(12-15-8)7(2)16(3,13)14/h7,10H,4-6H2,1-3H3. The number of hydrogen-bond acceptors (Lipinski definition) is 6. The Bertz CT molecular complexity index is 427. The van der Waals surface area contributed by atoms with Crippen LogP contribution in [0.3, 0.4) is 0 Å². The first-order chi connectivity index (χ1) is 7.45. The van der Waals surface area contributed by atoms with E-state index in [1.165, 1.54) is 0 Å². The zero-order chi connectivity index (χ0) is 12.2. The van der Waals surface area contributed by atoms with E-state index < -0.39 is 15.1 Å². The summed E-state index contributed by atoms with van der Waals surface area (Å²) in [6.07, 6.45) is 2.17. The highest BCUT2D eigenvalue weighted by Gasteiger charge is 2.22. The molecular weight excluding hydrogens is 230 g/mol. The van der Waals surface area contributed by atoms with Gasteiger partial charge in [0.1, 0.15) is 5.25 Å². The Morgan fingerprint density at radius 3 is 2.75 bits per heavy atom. The van der Waals surface area contributed by atoms with E-state index in [1.54, 1.807) is 6.92 Å². The van der Waals surface area contributed by atoms with Crippen molar-refractivity contribution >= 4 is 9.84 Å². The molecule has 0 bridgehead atoms.